The molecule has 1 amide bonds. The molecule has 0 aromatic heterocycles. The second-order valence-corrected chi connectivity index (χ2v) is 9.60. The number of carbonyl (C=O) groups is 2. The van der Waals surface area contributed by atoms with Gasteiger partial charge in [-0.25, -0.2) is 4.79 Å². The fraction of sp³-hybridized carbons (Fsp3) is 0.579. The lowest BCUT2D eigenvalue weighted by Crippen LogP contribution is -2.37. The van der Waals surface area contributed by atoms with Gasteiger partial charge >= 0.3 is 12.1 Å². The molecule has 1 aromatic carbocycles. The lowest BCUT2D eigenvalue weighted by Gasteiger charge is -2.28. The number of carboxylic acids is 1. The summed E-state index contributed by atoms with van der Waals surface area (Å²) in [5.74, 6) is -2.04. The minimum absolute atomic E-state index is 0.0384. The van der Waals surface area contributed by atoms with E-state index in [2.05, 4.69) is 5.32 Å². The van der Waals surface area contributed by atoms with Crippen molar-refractivity contribution in [3.8, 4) is 0 Å². The van der Waals surface area contributed by atoms with Gasteiger partial charge in [0.1, 0.15) is 12.4 Å². The quantitative estimate of drug-likeness (QED) is 0.544. The van der Waals surface area contributed by atoms with Crippen molar-refractivity contribution in [1.82, 2.24) is 5.32 Å². The van der Waals surface area contributed by atoms with Gasteiger partial charge in [0.15, 0.2) is 0 Å². The number of carbonyl (C=O) groups excluding carboxylic acids is 1. The van der Waals surface area contributed by atoms with E-state index in [0.717, 1.165) is 37.7 Å². The Morgan fingerprint density at radius 3 is 2.48 bits per heavy atom. The standard InChI is InChI=1S/C19H28NO6P/c21-18(22)12-11-17(27(24,25)14-16-9-5-2-6-10-16)20-19(23)26-13-15-7-3-1-4-8-15/h1,3-4,7-8,16-17H,2,5-6,9-14H2,(H,20,23)(H,21,22)(H,24,25). The fourth-order valence-electron chi connectivity index (χ4n) is 3.40. The van der Waals surface area contributed by atoms with Crippen LogP contribution in [-0.4, -0.2) is 34.0 Å². The van der Waals surface area contributed by atoms with Crippen molar-refractivity contribution in [2.45, 2.75) is 57.3 Å². The Labute approximate surface area is 159 Å². The van der Waals surface area contributed by atoms with E-state index >= 15 is 0 Å². The minimum atomic E-state index is -3.75. The van der Waals surface area contributed by atoms with Gasteiger partial charge < -0.3 is 20.1 Å². The molecule has 1 fully saturated rings. The largest absolute Gasteiger partial charge is 0.481 e. The van der Waals surface area contributed by atoms with E-state index in [0.29, 0.717) is 0 Å². The van der Waals surface area contributed by atoms with Crippen molar-refractivity contribution in [1.29, 1.82) is 0 Å². The van der Waals surface area contributed by atoms with Gasteiger partial charge in [0, 0.05) is 12.6 Å². The van der Waals surface area contributed by atoms with Crippen LogP contribution < -0.4 is 5.32 Å². The maximum atomic E-state index is 12.9. The normalized spacial score (nSPS) is 18.3. The Morgan fingerprint density at radius 2 is 1.85 bits per heavy atom. The van der Waals surface area contributed by atoms with Gasteiger partial charge in [0.2, 0.25) is 7.37 Å². The highest BCUT2D eigenvalue weighted by molar-refractivity contribution is 7.58. The molecule has 2 rings (SSSR count). The summed E-state index contributed by atoms with van der Waals surface area (Å²) in [5, 5.41) is 11.4. The molecule has 0 spiro atoms. The fourth-order valence-corrected chi connectivity index (χ4v) is 5.60. The van der Waals surface area contributed by atoms with E-state index in [-0.39, 0.29) is 31.5 Å². The van der Waals surface area contributed by atoms with Crippen molar-refractivity contribution >= 4 is 19.4 Å². The number of carboxylic acid groups (broad SMARTS) is 1. The summed E-state index contributed by atoms with van der Waals surface area (Å²) in [5.41, 5.74) is 0.795. The first-order chi connectivity index (χ1) is 12.9. The Bertz CT molecular complexity index is 659. The van der Waals surface area contributed by atoms with Crippen LogP contribution >= 0.6 is 7.37 Å². The minimum Gasteiger partial charge on any atom is -0.481 e. The average Bonchev–Trinajstić information content (AvgIpc) is 2.64. The smallest absolute Gasteiger partial charge is 0.408 e. The molecule has 0 aliphatic heterocycles. The molecule has 27 heavy (non-hydrogen) atoms. The molecule has 1 saturated carbocycles. The predicted molar refractivity (Wildman–Crippen MR) is 102 cm³/mol. The number of benzene rings is 1. The zero-order valence-corrected chi connectivity index (χ0v) is 16.3. The van der Waals surface area contributed by atoms with Crippen LogP contribution in [0, 0.1) is 5.92 Å². The summed E-state index contributed by atoms with van der Waals surface area (Å²) in [7, 11) is -3.75. The Hall–Kier alpha value is -1.85. The summed E-state index contributed by atoms with van der Waals surface area (Å²) >= 11 is 0. The van der Waals surface area contributed by atoms with Gasteiger partial charge in [0.25, 0.3) is 0 Å². The highest BCUT2D eigenvalue weighted by Crippen LogP contribution is 2.50. The van der Waals surface area contributed by atoms with Gasteiger partial charge in [-0.3, -0.25) is 9.36 Å². The lowest BCUT2D eigenvalue weighted by atomic mass is 9.91. The van der Waals surface area contributed by atoms with Gasteiger partial charge in [-0.05, 0) is 30.7 Å². The molecule has 1 aliphatic carbocycles. The number of hydrogen-bond donors (Lipinski definition) is 3. The maximum absolute atomic E-state index is 12.9. The third-order valence-electron chi connectivity index (χ3n) is 4.86. The second-order valence-electron chi connectivity index (χ2n) is 7.10. The number of nitrogens with one attached hydrogen (secondary N) is 1. The van der Waals surface area contributed by atoms with E-state index in [9.17, 15) is 19.0 Å². The van der Waals surface area contributed by atoms with Crippen LogP contribution in [0.15, 0.2) is 30.3 Å². The first kappa shape index (κ1) is 21.5. The Kier molecular flexibility index (Phi) is 8.32. The molecule has 3 N–H and O–H groups in total. The number of amides is 1. The van der Waals surface area contributed by atoms with Crippen molar-refractivity contribution < 1.29 is 28.9 Å². The van der Waals surface area contributed by atoms with Crippen LogP contribution in [0.2, 0.25) is 0 Å². The molecule has 0 saturated heterocycles. The number of rotatable bonds is 9. The topological polar surface area (TPSA) is 113 Å². The predicted octanol–water partition coefficient (Wildman–Crippen LogP) is 3.95. The van der Waals surface area contributed by atoms with E-state index in [1.165, 1.54) is 0 Å². The van der Waals surface area contributed by atoms with Crippen LogP contribution in [0.25, 0.3) is 0 Å². The third kappa shape index (κ3) is 7.73. The third-order valence-corrected chi connectivity index (χ3v) is 7.26. The first-order valence-corrected chi connectivity index (χ1v) is 11.3. The zero-order chi connectivity index (χ0) is 19.7. The first-order valence-electron chi connectivity index (χ1n) is 9.37. The number of aliphatic carboxylic acids is 1. The van der Waals surface area contributed by atoms with Crippen molar-refractivity contribution in [2.24, 2.45) is 5.92 Å². The average molecular weight is 397 g/mol. The summed E-state index contributed by atoms with van der Waals surface area (Å²) in [6, 6.07) is 9.08. The number of hydrogen-bond acceptors (Lipinski definition) is 4. The van der Waals surface area contributed by atoms with Gasteiger partial charge in [-0.1, -0.05) is 49.6 Å². The summed E-state index contributed by atoms with van der Waals surface area (Å²) in [6.45, 7) is 0.0384. The SMILES string of the molecule is O=C(O)CCC(NC(=O)OCc1ccccc1)P(=O)(O)CC1CCCCC1. The summed E-state index contributed by atoms with van der Waals surface area (Å²) < 4.78 is 18.0. The number of ether oxygens (including phenoxy) is 1. The van der Waals surface area contributed by atoms with Gasteiger partial charge in [0.05, 0.1) is 0 Å². The second kappa shape index (κ2) is 10.5. The highest BCUT2D eigenvalue weighted by Gasteiger charge is 2.35. The van der Waals surface area contributed by atoms with Crippen LogP contribution in [0.1, 0.15) is 50.5 Å². The van der Waals surface area contributed by atoms with Gasteiger partial charge in [-0.15, -0.1) is 0 Å². The zero-order valence-electron chi connectivity index (χ0n) is 15.4. The van der Waals surface area contributed by atoms with E-state index in [4.69, 9.17) is 9.84 Å². The Balaban J connectivity index is 1.95. The molecule has 2 unspecified atom stereocenters. The molecule has 8 heteroatoms. The van der Waals surface area contributed by atoms with Crippen LogP contribution in [-0.2, 0) is 20.7 Å². The molecular weight excluding hydrogens is 369 g/mol. The molecule has 0 heterocycles. The van der Waals surface area contributed by atoms with E-state index < -0.39 is 25.2 Å². The van der Waals surface area contributed by atoms with Crippen LogP contribution in [0.3, 0.4) is 0 Å². The van der Waals surface area contributed by atoms with Gasteiger partial charge in [-0.2, -0.15) is 0 Å². The van der Waals surface area contributed by atoms with Crippen molar-refractivity contribution in [2.75, 3.05) is 6.16 Å². The Morgan fingerprint density at radius 1 is 1.19 bits per heavy atom. The number of alkyl carbamates (subject to hydrolysis) is 1. The van der Waals surface area contributed by atoms with E-state index in [1.54, 1.807) is 12.1 Å². The van der Waals surface area contributed by atoms with Crippen molar-refractivity contribution in [3.05, 3.63) is 35.9 Å². The lowest BCUT2D eigenvalue weighted by molar-refractivity contribution is -0.137. The molecule has 7 nitrogen and oxygen atoms in total. The summed E-state index contributed by atoms with van der Waals surface area (Å²) in [4.78, 5) is 33.6. The molecule has 150 valence electrons. The molecule has 0 bridgehead atoms. The monoisotopic (exact) mass is 397 g/mol. The highest BCUT2D eigenvalue weighted by atomic mass is 31.2. The van der Waals surface area contributed by atoms with Crippen molar-refractivity contribution in [3.63, 3.8) is 0 Å². The molecule has 0 radical (unpaired) electrons. The molecular formula is C19H28NO6P. The molecule has 1 aliphatic rings. The van der Waals surface area contributed by atoms with Crippen LogP contribution in [0.4, 0.5) is 4.79 Å². The molecule has 1 aromatic rings. The van der Waals surface area contributed by atoms with E-state index in [1.807, 2.05) is 18.2 Å². The molecule has 2 atom stereocenters. The maximum Gasteiger partial charge on any atom is 0.408 e. The van der Waals surface area contributed by atoms with Crippen LogP contribution in [0.5, 0.6) is 0 Å². The summed E-state index contributed by atoms with van der Waals surface area (Å²) in [6.07, 6.45) is 3.91.